The molecule has 2 N–H and O–H groups in total. The first kappa shape index (κ1) is 13.9. The standard InChI is InChI=1S/C13H20ClNS/c1-9(2)8-16-13-5-4-12(14)7-11(13)6-10(3)15/h4-5,7,9-10H,6,8,15H2,1-3H3. The highest BCUT2D eigenvalue weighted by Gasteiger charge is 2.07. The Morgan fingerprint density at radius 3 is 2.56 bits per heavy atom. The van der Waals surface area contributed by atoms with E-state index in [1.165, 1.54) is 10.5 Å². The predicted octanol–water partition coefficient (Wildman–Crippen LogP) is 3.98. The lowest BCUT2D eigenvalue weighted by atomic mass is 10.1. The second-order valence-corrected chi connectivity index (χ2v) is 6.14. The SMILES string of the molecule is CC(C)CSc1ccc(Cl)cc1CC(C)N. The van der Waals surface area contributed by atoms with E-state index in [9.17, 15) is 0 Å². The van der Waals surface area contributed by atoms with E-state index in [-0.39, 0.29) is 6.04 Å². The van der Waals surface area contributed by atoms with Crippen LogP contribution in [0.4, 0.5) is 0 Å². The molecule has 1 atom stereocenters. The van der Waals surface area contributed by atoms with Crippen molar-refractivity contribution in [2.24, 2.45) is 11.7 Å². The molecule has 0 spiro atoms. The van der Waals surface area contributed by atoms with Crippen LogP contribution in [0.2, 0.25) is 5.02 Å². The monoisotopic (exact) mass is 257 g/mol. The van der Waals surface area contributed by atoms with Gasteiger partial charge >= 0.3 is 0 Å². The summed E-state index contributed by atoms with van der Waals surface area (Å²) in [6.45, 7) is 6.49. The minimum atomic E-state index is 0.178. The normalized spacial score (nSPS) is 13.1. The molecule has 0 aliphatic carbocycles. The van der Waals surface area contributed by atoms with Crippen LogP contribution < -0.4 is 5.73 Å². The van der Waals surface area contributed by atoms with E-state index in [1.54, 1.807) is 0 Å². The summed E-state index contributed by atoms with van der Waals surface area (Å²) >= 11 is 7.90. The zero-order valence-corrected chi connectivity index (χ0v) is 11.7. The Labute approximate surface area is 108 Å². The number of hydrogen-bond acceptors (Lipinski definition) is 2. The first-order chi connectivity index (χ1) is 7.49. The number of rotatable bonds is 5. The van der Waals surface area contributed by atoms with Gasteiger partial charge in [0.15, 0.2) is 0 Å². The molecule has 3 heteroatoms. The second-order valence-electron chi connectivity index (χ2n) is 4.64. The van der Waals surface area contributed by atoms with Crippen molar-refractivity contribution < 1.29 is 0 Å². The van der Waals surface area contributed by atoms with Crippen LogP contribution in [0, 0.1) is 5.92 Å². The highest BCUT2D eigenvalue weighted by molar-refractivity contribution is 7.99. The number of halogens is 1. The van der Waals surface area contributed by atoms with Crippen molar-refractivity contribution in [2.75, 3.05) is 5.75 Å². The Morgan fingerprint density at radius 2 is 2.00 bits per heavy atom. The topological polar surface area (TPSA) is 26.0 Å². The van der Waals surface area contributed by atoms with Crippen LogP contribution in [0.25, 0.3) is 0 Å². The molecular formula is C13H20ClNS. The molecule has 0 heterocycles. The van der Waals surface area contributed by atoms with Crippen LogP contribution >= 0.6 is 23.4 Å². The van der Waals surface area contributed by atoms with E-state index in [0.717, 1.165) is 17.2 Å². The average molecular weight is 258 g/mol. The van der Waals surface area contributed by atoms with E-state index < -0.39 is 0 Å². The van der Waals surface area contributed by atoms with E-state index >= 15 is 0 Å². The van der Waals surface area contributed by atoms with Gasteiger partial charge in [0.25, 0.3) is 0 Å². The van der Waals surface area contributed by atoms with Gasteiger partial charge in [-0.3, -0.25) is 0 Å². The molecule has 1 aromatic rings. The summed E-state index contributed by atoms with van der Waals surface area (Å²) in [5, 5.41) is 0.796. The van der Waals surface area contributed by atoms with Crippen LogP contribution in [0.1, 0.15) is 26.3 Å². The minimum Gasteiger partial charge on any atom is -0.328 e. The van der Waals surface area contributed by atoms with E-state index in [1.807, 2.05) is 30.8 Å². The van der Waals surface area contributed by atoms with Crippen molar-refractivity contribution in [3.8, 4) is 0 Å². The molecule has 0 saturated heterocycles. The van der Waals surface area contributed by atoms with Crippen molar-refractivity contribution in [1.82, 2.24) is 0 Å². The summed E-state index contributed by atoms with van der Waals surface area (Å²) in [4.78, 5) is 1.32. The molecule has 0 aliphatic rings. The Balaban J connectivity index is 2.80. The Kier molecular flexibility index (Phi) is 5.67. The molecule has 0 saturated carbocycles. The summed E-state index contributed by atoms with van der Waals surface area (Å²) < 4.78 is 0. The van der Waals surface area contributed by atoms with Crippen molar-refractivity contribution in [2.45, 2.75) is 38.1 Å². The van der Waals surface area contributed by atoms with E-state index in [0.29, 0.717) is 5.92 Å². The van der Waals surface area contributed by atoms with Crippen molar-refractivity contribution in [1.29, 1.82) is 0 Å². The molecule has 1 rings (SSSR count). The maximum absolute atomic E-state index is 6.01. The Morgan fingerprint density at radius 1 is 1.31 bits per heavy atom. The highest BCUT2D eigenvalue weighted by Crippen LogP contribution is 2.28. The van der Waals surface area contributed by atoms with Gasteiger partial charge in [0.1, 0.15) is 0 Å². The fourth-order valence-electron chi connectivity index (χ4n) is 1.45. The zero-order chi connectivity index (χ0) is 12.1. The van der Waals surface area contributed by atoms with Crippen LogP contribution in [0.5, 0.6) is 0 Å². The molecule has 0 fully saturated rings. The van der Waals surface area contributed by atoms with Crippen LogP contribution in [-0.2, 0) is 6.42 Å². The fraction of sp³-hybridized carbons (Fsp3) is 0.538. The van der Waals surface area contributed by atoms with Crippen molar-refractivity contribution in [3.05, 3.63) is 28.8 Å². The van der Waals surface area contributed by atoms with Gasteiger partial charge in [-0.05, 0) is 43.0 Å². The van der Waals surface area contributed by atoms with Gasteiger partial charge in [-0.1, -0.05) is 25.4 Å². The Bertz CT molecular complexity index is 337. The molecule has 0 bridgehead atoms. The third-order valence-corrected chi connectivity index (χ3v) is 3.91. The molecule has 1 aromatic carbocycles. The molecule has 0 radical (unpaired) electrons. The lowest BCUT2D eigenvalue weighted by Gasteiger charge is -2.12. The molecule has 0 aromatic heterocycles. The van der Waals surface area contributed by atoms with Gasteiger partial charge in [-0.25, -0.2) is 0 Å². The molecule has 1 nitrogen and oxygen atoms in total. The summed E-state index contributed by atoms with van der Waals surface area (Å²) in [6, 6.07) is 6.27. The quantitative estimate of drug-likeness (QED) is 0.808. The zero-order valence-electron chi connectivity index (χ0n) is 10.2. The predicted molar refractivity (Wildman–Crippen MR) is 74.4 cm³/mol. The summed E-state index contributed by atoms with van der Waals surface area (Å²) in [5.74, 6) is 1.83. The molecule has 90 valence electrons. The van der Waals surface area contributed by atoms with E-state index in [4.69, 9.17) is 17.3 Å². The van der Waals surface area contributed by atoms with Crippen LogP contribution in [-0.4, -0.2) is 11.8 Å². The van der Waals surface area contributed by atoms with Crippen LogP contribution in [0.3, 0.4) is 0 Å². The molecule has 1 unspecified atom stereocenters. The third-order valence-electron chi connectivity index (χ3n) is 2.14. The van der Waals surface area contributed by atoms with Crippen molar-refractivity contribution in [3.63, 3.8) is 0 Å². The van der Waals surface area contributed by atoms with Crippen LogP contribution in [0.15, 0.2) is 23.1 Å². The molecule has 0 amide bonds. The van der Waals surface area contributed by atoms with Gasteiger partial charge in [0.2, 0.25) is 0 Å². The minimum absolute atomic E-state index is 0.178. The fourth-order valence-corrected chi connectivity index (χ4v) is 2.65. The number of nitrogens with two attached hydrogens (primary N) is 1. The second kappa shape index (κ2) is 6.53. The molecule has 16 heavy (non-hydrogen) atoms. The van der Waals surface area contributed by atoms with Gasteiger partial charge < -0.3 is 5.73 Å². The maximum atomic E-state index is 6.01. The molecular weight excluding hydrogens is 238 g/mol. The largest absolute Gasteiger partial charge is 0.328 e. The lowest BCUT2D eigenvalue weighted by Crippen LogP contribution is -2.18. The van der Waals surface area contributed by atoms with Crippen molar-refractivity contribution >= 4 is 23.4 Å². The summed E-state index contributed by atoms with van der Waals surface area (Å²) in [6.07, 6.45) is 0.890. The van der Waals surface area contributed by atoms with Gasteiger partial charge in [-0.2, -0.15) is 0 Å². The summed E-state index contributed by atoms with van der Waals surface area (Å²) in [7, 11) is 0. The highest BCUT2D eigenvalue weighted by atomic mass is 35.5. The Hall–Kier alpha value is -0.180. The number of thioether (sulfide) groups is 1. The van der Waals surface area contributed by atoms with Gasteiger partial charge in [0.05, 0.1) is 0 Å². The third kappa shape index (κ3) is 4.77. The maximum Gasteiger partial charge on any atom is 0.0409 e. The first-order valence-corrected chi connectivity index (χ1v) is 7.02. The first-order valence-electron chi connectivity index (χ1n) is 5.66. The van der Waals surface area contributed by atoms with Gasteiger partial charge in [-0.15, -0.1) is 11.8 Å². The lowest BCUT2D eigenvalue weighted by molar-refractivity contribution is 0.727. The summed E-state index contributed by atoms with van der Waals surface area (Å²) in [5.41, 5.74) is 7.12. The smallest absolute Gasteiger partial charge is 0.0409 e. The molecule has 0 aliphatic heterocycles. The number of benzene rings is 1. The number of hydrogen-bond donors (Lipinski definition) is 1. The van der Waals surface area contributed by atoms with Gasteiger partial charge in [0, 0.05) is 21.7 Å². The average Bonchev–Trinajstić information content (AvgIpc) is 2.15. The van der Waals surface area contributed by atoms with E-state index in [2.05, 4.69) is 19.9 Å².